The van der Waals surface area contributed by atoms with E-state index in [-0.39, 0.29) is 5.82 Å². The maximum absolute atomic E-state index is 13.3. The molecule has 88 valence electrons. The molecule has 0 aliphatic heterocycles. The largest absolute Gasteiger partial charge is 0.310 e. The Balaban J connectivity index is 2.19. The lowest BCUT2D eigenvalue weighted by molar-refractivity contribution is 0.476. The van der Waals surface area contributed by atoms with E-state index in [1.54, 1.807) is 12.1 Å². The zero-order valence-electron chi connectivity index (χ0n) is 9.47. The molecule has 1 aromatic rings. The lowest BCUT2D eigenvalue weighted by Gasteiger charge is -2.20. The summed E-state index contributed by atoms with van der Waals surface area (Å²) in [7, 11) is 0. The van der Waals surface area contributed by atoms with E-state index < -0.39 is 0 Å². The molecule has 0 amide bonds. The molecule has 1 saturated carbocycles. The molecule has 0 spiro atoms. The third-order valence-corrected chi connectivity index (χ3v) is 3.72. The van der Waals surface area contributed by atoms with Crippen LogP contribution in [-0.4, -0.2) is 6.54 Å². The normalized spacial score (nSPS) is 17.4. The van der Waals surface area contributed by atoms with Gasteiger partial charge in [0, 0.05) is 10.5 Å². The fourth-order valence-corrected chi connectivity index (χ4v) is 2.51. The fourth-order valence-electron chi connectivity index (χ4n) is 2.01. The van der Waals surface area contributed by atoms with Crippen LogP contribution < -0.4 is 5.32 Å². The molecule has 1 atom stereocenters. The number of halogens is 2. The summed E-state index contributed by atoms with van der Waals surface area (Å²) in [4.78, 5) is 0. The Morgan fingerprint density at radius 2 is 2.25 bits per heavy atom. The summed E-state index contributed by atoms with van der Waals surface area (Å²) in [5.74, 6) is 0.534. The molecular weight excluding hydrogens is 269 g/mol. The zero-order valence-corrected chi connectivity index (χ0v) is 11.1. The highest BCUT2D eigenvalue weighted by Crippen LogP contribution is 2.43. The van der Waals surface area contributed by atoms with E-state index in [4.69, 9.17) is 0 Å². The van der Waals surface area contributed by atoms with Crippen LogP contribution in [0, 0.1) is 11.7 Å². The standard InChI is InChI=1S/C13H17BrFN/c1-2-7-16-13(9-3-4-9)11-8-10(15)5-6-12(11)14/h5-6,8-9,13,16H,2-4,7H2,1H3. The van der Waals surface area contributed by atoms with Gasteiger partial charge in [-0.25, -0.2) is 4.39 Å². The second-order valence-electron chi connectivity index (χ2n) is 4.44. The first-order valence-electron chi connectivity index (χ1n) is 5.90. The van der Waals surface area contributed by atoms with Gasteiger partial charge in [-0.05, 0) is 55.5 Å². The van der Waals surface area contributed by atoms with Gasteiger partial charge in [0.15, 0.2) is 0 Å². The van der Waals surface area contributed by atoms with Gasteiger partial charge in [0.25, 0.3) is 0 Å². The number of rotatable bonds is 5. The topological polar surface area (TPSA) is 12.0 Å². The van der Waals surface area contributed by atoms with Crippen molar-refractivity contribution in [1.82, 2.24) is 5.32 Å². The summed E-state index contributed by atoms with van der Waals surface area (Å²) in [6.07, 6.45) is 3.62. The van der Waals surface area contributed by atoms with Gasteiger partial charge in [0.1, 0.15) is 5.82 Å². The zero-order chi connectivity index (χ0) is 11.5. The highest BCUT2D eigenvalue weighted by Gasteiger charge is 2.32. The predicted octanol–water partition coefficient (Wildman–Crippen LogP) is 4.04. The van der Waals surface area contributed by atoms with Crippen LogP contribution in [0.25, 0.3) is 0 Å². The van der Waals surface area contributed by atoms with E-state index in [0.717, 1.165) is 23.0 Å². The summed E-state index contributed by atoms with van der Waals surface area (Å²) in [5.41, 5.74) is 1.07. The molecule has 1 aromatic carbocycles. The van der Waals surface area contributed by atoms with Crippen LogP contribution in [0.2, 0.25) is 0 Å². The van der Waals surface area contributed by atoms with E-state index in [2.05, 4.69) is 28.2 Å². The molecule has 3 heteroatoms. The number of benzene rings is 1. The summed E-state index contributed by atoms with van der Waals surface area (Å²) >= 11 is 3.51. The minimum Gasteiger partial charge on any atom is -0.310 e. The molecule has 16 heavy (non-hydrogen) atoms. The van der Waals surface area contributed by atoms with Crippen LogP contribution in [0.1, 0.15) is 37.8 Å². The molecule has 2 rings (SSSR count). The number of hydrogen-bond acceptors (Lipinski definition) is 1. The molecule has 0 heterocycles. The summed E-state index contributed by atoms with van der Waals surface area (Å²) in [6.45, 7) is 3.14. The highest BCUT2D eigenvalue weighted by atomic mass is 79.9. The van der Waals surface area contributed by atoms with Crippen molar-refractivity contribution in [2.75, 3.05) is 6.54 Å². The van der Waals surface area contributed by atoms with E-state index >= 15 is 0 Å². The Labute approximate surface area is 105 Å². The van der Waals surface area contributed by atoms with Gasteiger partial charge in [-0.3, -0.25) is 0 Å². The quantitative estimate of drug-likeness (QED) is 0.861. The van der Waals surface area contributed by atoms with Crippen molar-refractivity contribution in [2.45, 2.75) is 32.2 Å². The van der Waals surface area contributed by atoms with Crippen molar-refractivity contribution in [1.29, 1.82) is 0 Å². The van der Waals surface area contributed by atoms with Gasteiger partial charge in [-0.1, -0.05) is 22.9 Å². The lowest BCUT2D eigenvalue weighted by Crippen LogP contribution is -2.24. The summed E-state index contributed by atoms with van der Waals surface area (Å²) < 4.78 is 14.3. The Kier molecular flexibility index (Phi) is 3.98. The Morgan fingerprint density at radius 3 is 2.88 bits per heavy atom. The molecule has 0 radical (unpaired) electrons. The highest BCUT2D eigenvalue weighted by molar-refractivity contribution is 9.10. The van der Waals surface area contributed by atoms with Crippen molar-refractivity contribution >= 4 is 15.9 Å². The maximum Gasteiger partial charge on any atom is 0.123 e. The Bertz CT molecular complexity index is 363. The number of nitrogens with one attached hydrogen (secondary N) is 1. The third kappa shape index (κ3) is 2.83. The second-order valence-corrected chi connectivity index (χ2v) is 5.29. The van der Waals surface area contributed by atoms with Crippen LogP contribution in [0.15, 0.2) is 22.7 Å². The minimum atomic E-state index is -0.151. The summed E-state index contributed by atoms with van der Waals surface area (Å²) in [6, 6.07) is 5.26. The molecule has 1 aliphatic rings. The second kappa shape index (κ2) is 5.28. The first kappa shape index (κ1) is 12.1. The van der Waals surface area contributed by atoms with Crippen LogP contribution in [0.4, 0.5) is 4.39 Å². The van der Waals surface area contributed by atoms with Crippen LogP contribution in [0.5, 0.6) is 0 Å². The molecule has 1 unspecified atom stereocenters. The molecular formula is C13H17BrFN. The van der Waals surface area contributed by atoms with Crippen molar-refractivity contribution in [3.63, 3.8) is 0 Å². The first-order valence-corrected chi connectivity index (χ1v) is 6.70. The van der Waals surface area contributed by atoms with Crippen molar-refractivity contribution < 1.29 is 4.39 Å². The minimum absolute atomic E-state index is 0.151. The predicted molar refractivity (Wildman–Crippen MR) is 67.9 cm³/mol. The van der Waals surface area contributed by atoms with E-state index in [1.807, 2.05) is 0 Å². The van der Waals surface area contributed by atoms with Crippen molar-refractivity contribution in [3.8, 4) is 0 Å². The molecule has 0 aromatic heterocycles. The molecule has 1 aliphatic carbocycles. The van der Waals surface area contributed by atoms with Gasteiger partial charge in [-0.15, -0.1) is 0 Å². The summed E-state index contributed by atoms with van der Waals surface area (Å²) in [5, 5.41) is 3.52. The Morgan fingerprint density at radius 1 is 1.50 bits per heavy atom. The average molecular weight is 286 g/mol. The van der Waals surface area contributed by atoms with Gasteiger partial charge in [0.05, 0.1) is 0 Å². The van der Waals surface area contributed by atoms with Gasteiger partial charge in [0.2, 0.25) is 0 Å². The lowest BCUT2D eigenvalue weighted by atomic mass is 10.0. The molecule has 1 nitrogen and oxygen atoms in total. The van der Waals surface area contributed by atoms with Crippen LogP contribution >= 0.6 is 15.9 Å². The van der Waals surface area contributed by atoms with Crippen molar-refractivity contribution in [2.24, 2.45) is 5.92 Å². The van der Waals surface area contributed by atoms with E-state index in [1.165, 1.54) is 18.9 Å². The monoisotopic (exact) mass is 285 g/mol. The Hall–Kier alpha value is -0.410. The smallest absolute Gasteiger partial charge is 0.123 e. The van der Waals surface area contributed by atoms with E-state index in [9.17, 15) is 4.39 Å². The fraction of sp³-hybridized carbons (Fsp3) is 0.538. The SMILES string of the molecule is CCCNC(c1cc(F)ccc1Br)C1CC1. The van der Waals surface area contributed by atoms with Gasteiger partial charge >= 0.3 is 0 Å². The van der Waals surface area contributed by atoms with Crippen LogP contribution in [-0.2, 0) is 0 Å². The van der Waals surface area contributed by atoms with Crippen LogP contribution in [0.3, 0.4) is 0 Å². The molecule has 0 bridgehead atoms. The average Bonchev–Trinajstić information content (AvgIpc) is 3.08. The maximum atomic E-state index is 13.3. The molecule has 1 fully saturated rings. The van der Waals surface area contributed by atoms with E-state index in [0.29, 0.717) is 12.0 Å². The van der Waals surface area contributed by atoms with Crippen molar-refractivity contribution in [3.05, 3.63) is 34.1 Å². The van der Waals surface area contributed by atoms with Gasteiger partial charge in [-0.2, -0.15) is 0 Å². The van der Waals surface area contributed by atoms with Gasteiger partial charge < -0.3 is 5.32 Å². The molecule has 0 saturated heterocycles. The first-order chi connectivity index (χ1) is 7.72. The molecule has 1 N–H and O–H groups in total. The third-order valence-electron chi connectivity index (χ3n) is 3.00. The number of hydrogen-bond donors (Lipinski definition) is 1.